The van der Waals surface area contributed by atoms with Gasteiger partial charge < -0.3 is 4.74 Å². The lowest BCUT2D eigenvalue weighted by atomic mass is 9.67. The fraction of sp³-hybridized carbons (Fsp3) is 0.269. The second-order valence-electron chi connectivity index (χ2n) is 8.25. The number of carbonyl (C=O) groups is 1. The van der Waals surface area contributed by atoms with Crippen LogP contribution in [0.4, 0.5) is 0 Å². The standard InChI is InChI=1S/C26H24O2/c1-17(2)25(27)28-26(16-18-8-5-9-18)22-14-4-3-12-20(22)21-13-6-10-19-11-7-15-23(26)24(19)21/h3-4,6-7,10-15,18H,1,5,8-9,16H2,2H3. The fourth-order valence-electron chi connectivity index (χ4n) is 4.84. The molecule has 2 heteroatoms. The topological polar surface area (TPSA) is 26.3 Å². The molecular formula is C26H24O2. The van der Waals surface area contributed by atoms with Gasteiger partial charge in [0.15, 0.2) is 5.60 Å². The first-order valence-electron chi connectivity index (χ1n) is 10.1. The van der Waals surface area contributed by atoms with Crippen LogP contribution in [0.5, 0.6) is 0 Å². The molecule has 0 saturated heterocycles. The summed E-state index contributed by atoms with van der Waals surface area (Å²) in [4.78, 5) is 12.8. The van der Waals surface area contributed by atoms with E-state index in [0.717, 1.165) is 17.5 Å². The van der Waals surface area contributed by atoms with E-state index in [-0.39, 0.29) is 5.97 Å². The number of hydrogen-bond acceptors (Lipinski definition) is 2. The molecule has 1 unspecified atom stereocenters. The molecule has 1 fully saturated rings. The van der Waals surface area contributed by atoms with Gasteiger partial charge in [0.05, 0.1) is 0 Å². The third kappa shape index (κ3) is 2.44. The van der Waals surface area contributed by atoms with Crippen molar-refractivity contribution in [3.63, 3.8) is 0 Å². The molecule has 0 N–H and O–H groups in total. The molecule has 2 aliphatic rings. The number of carbonyl (C=O) groups excluding carboxylic acids is 1. The Hall–Kier alpha value is -2.87. The summed E-state index contributed by atoms with van der Waals surface area (Å²) in [5.41, 5.74) is 4.28. The molecule has 0 radical (unpaired) electrons. The van der Waals surface area contributed by atoms with Crippen molar-refractivity contribution in [1.29, 1.82) is 0 Å². The fourth-order valence-corrected chi connectivity index (χ4v) is 4.84. The molecule has 28 heavy (non-hydrogen) atoms. The van der Waals surface area contributed by atoms with Gasteiger partial charge in [-0.2, -0.15) is 0 Å². The van der Waals surface area contributed by atoms with Crippen LogP contribution >= 0.6 is 0 Å². The molecule has 0 spiro atoms. The average molecular weight is 368 g/mol. The van der Waals surface area contributed by atoms with Crippen molar-refractivity contribution in [3.05, 3.63) is 83.9 Å². The van der Waals surface area contributed by atoms with Crippen molar-refractivity contribution in [2.45, 2.75) is 38.2 Å². The van der Waals surface area contributed by atoms with E-state index in [1.54, 1.807) is 6.92 Å². The van der Waals surface area contributed by atoms with Crippen LogP contribution in [-0.2, 0) is 15.1 Å². The number of fused-ring (bicyclic) bond motifs is 2. The molecule has 0 aromatic heterocycles. The van der Waals surface area contributed by atoms with Gasteiger partial charge in [-0.05, 0) is 41.2 Å². The zero-order valence-electron chi connectivity index (χ0n) is 16.2. The molecule has 140 valence electrons. The normalized spacial score (nSPS) is 20.3. The van der Waals surface area contributed by atoms with Gasteiger partial charge in [0, 0.05) is 16.7 Å². The molecule has 0 bridgehead atoms. The first-order chi connectivity index (χ1) is 13.6. The maximum absolute atomic E-state index is 12.8. The van der Waals surface area contributed by atoms with Crippen LogP contribution in [0.3, 0.4) is 0 Å². The number of esters is 1. The van der Waals surface area contributed by atoms with Crippen LogP contribution in [0.25, 0.3) is 21.9 Å². The van der Waals surface area contributed by atoms with E-state index >= 15 is 0 Å². The van der Waals surface area contributed by atoms with Crippen LogP contribution in [0, 0.1) is 5.92 Å². The lowest BCUT2D eigenvalue weighted by Crippen LogP contribution is -2.39. The minimum atomic E-state index is -0.758. The van der Waals surface area contributed by atoms with Crippen LogP contribution in [0.2, 0.25) is 0 Å². The summed E-state index contributed by atoms with van der Waals surface area (Å²) in [6.45, 7) is 5.56. The average Bonchev–Trinajstić information content (AvgIpc) is 2.68. The van der Waals surface area contributed by atoms with Gasteiger partial charge in [-0.25, -0.2) is 4.79 Å². The van der Waals surface area contributed by atoms with Crippen molar-refractivity contribution in [2.75, 3.05) is 0 Å². The zero-order chi connectivity index (χ0) is 19.3. The van der Waals surface area contributed by atoms with Crippen molar-refractivity contribution in [3.8, 4) is 11.1 Å². The second-order valence-corrected chi connectivity index (χ2v) is 8.25. The summed E-state index contributed by atoms with van der Waals surface area (Å²) < 4.78 is 6.38. The highest BCUT2D eigenvalue weighted by Crippen LogP contribution is 2.54. The van der Waals surface area contributed by atoms with E-state index in [1.165, 1.54) is 41.2 Å². The Labute approximate surface area is 165 Å². The monoisotopic (exact) mass is 368 g/mol. The number of rotatable bonds is 4. The molecular weight excluding hydrogens is 344 g/mol. The van der Waals surface area contributed by atoms with Crippen molar-refractivity contribution in [1.82, 2.24) is 0 Å². The van der Waals surface area contributed by atoms with E-state index in [0.29, 0.717) is 11.5 Å². The predicted molar refractivity (Wildman–Crippen MR) is 113 cm³/mol. The van der Waals surface area contributed by atoms with Gasteiger partial charge in [0.1, 0.15) is 0 Å². The predicted octanol–water partition coefficient (Wildman–Crippen LogP) is 6.37. The summed E-state index contributed by atoms with van der Waals surface area (Å²) in [6, 6.07) is 21.2. The van der Waals surface area contributed by atoms with Gasteiger partial charge in [0.25, 0.3) is 0 Å². The summed E-state index contributed by atoms with van der Waals surface area (Å²) >= 11 is 0. The van der Waals surface area contributed by atoms with Gasteiger partial charge in [-0.15, -0.1) is 0 Å². The van der Waals surface area contributed by atoms with E-state index < -0.39 is 5.60 Å². The number of ether oxygens (including phenoxy) is 1. The lowest BCUT2D eigenvalue weighted by Gasteiger charge is -2.43. The molecule has 1 saturated carbocycles. The Morgan fingerprint density at radius 3 is 2.39 bits per heavy atom. The first-order valence-corrected chi connectivity index (χ1v) is 10.1. The van der Waals surface area contributed by atoms with E-state index in [2.05, 4.69) is 67.2 Å². The molecule has 3 aromatic rings. The number of benzene rings is 3. The minimum Gasteiger partial charge on any atom is -0.446 e. The highest BCUT2D eigenvalue weighted by Gasteiger charge is 2.46. The van der Waals surface area contributed by atoms with Gasteiger partial charge in [0.2, 0.25) is 0 Å². The minimum absolute atomic E-state index is 0.314. The van der Waals surface area contributed by atoms with Crippen molar-refractivity contribution < 1.29 is 9.53 Å². The quantitative estimate of drug-likeness (QED) is 0.395. The van der Waals surface area contributed by atoms with E-state index in [1.807, 2.05) is 0 Å². The lowest BCUT2D eigenvalue weighted by molar-refractivity contribution is -0.154. The number of hydrogen-bond donors (Lipinski definition) is 0. The van der Waals surface area contributed by atoms with Crippen LogP contribution in [-0.4, -0.2) is 5.97 Å². The molecule has 5 rings (SSSR count). The highest BCUT2D eigenvalue weighted by atomic mass is 16.6. The van der Waals surface area contributed by atoms with Crippen LogP contribution in [0.1, 0.15) is 43.7 Å². The molecule has 3 aromatic carbocycles. The molecule has 0 aliphatic heterocycles. The molecule has 0 amide bonds. The van der Waals surface area contributed by atoms with Crippen molar-refractivity contribution >= 4 is 16.7 Å². The zero-order valence-corrected chi connectivity index (χ0v) is 16.2. The van der Waals surface area contributed by atoms with Gasteiger partial charge in [-0.3, -0.25) is 0 Å². The summed E-state index contributed by atoms with van der Waals surface area (Å²) in [7, 11) is 0. The summed E-state index contributed by atoms with van der Waals surface area (Å²) in [6.07, 6.45) is 4.49. The molecule has 1 atom stereocenters. The SMILES string of the molecule is C=C(C)C(=O)OC1(CC2CCC2)c2ccccc2-c2cccc3cccc1c23. The van der Waals surface area contributed by atoms with E-state index in [9.17, 15) is 4.79 Å². The smallest absolute Gasteiger partial charge is 0.334 e. The maximum Gasteiger partial charge on any atom is 0.334 e. The third-order valence-corrected chi connectivity index (χ3v) is 6.41. The third-order valence-electron chi connectivity index (χ3n) is 6.41. The van der Waals surface area contributed by atoms with Gasteiger partial charge >= 0.3 is 5.97 Å². The second kappa shape index (κ2) is 6.34. The highest BCUT2D eigenvalue weighted by molar-refractivity contribution is 6.03. The largest absolute Gasteiger partial charge is 0.446 e. The van der Waals surface area contributed by atoms with Crippen molar-refractivity contribution in [2.24, 2.45) is 5.92 Å². The van der Waals surface area contributed by atoms with Crippen LogP contribution in [0.15, 0.2) is 72.8 Å². The molecule has 2 aliphatic carbocycles. The van der Waals surface area contributed by atoms with Gasteiger partial charge in [-0.1, -0.05) is 86.5 Å². The Morgan fingerprint density at radius 2 is 1.68 bits per heavy atom. The Kier molecular flexibility index (Phi) is 3.90. The first kappa shape index (κ1) is 17.2. The Balaban J connectivity index is 1.85. The summed E-state index contributed by atoms with van der Waals surface area (Å²) in [5, 5.41) is 2.39. The Bertz CT molecular complexity index is 1100. The van der Waals surface area contributed by atoms with Crippen LogP contribution < -0.4 is 0 Å². The maximum atomic E-state index is 12.8. The Morgan fingerprint density at radius 1 is 1.00 bits per heavy atom. The summed E-state index contributed by atoms with van der Waals surface area (Å²) in [5.74, 6) is 0.261. The molecule has 0 heterocycles. The van der Waals surface area contributed by atoms with E-state index in [4.69, 9.17) is 4.74 Å². The molecule has 2 nitrogen and oxygen atoms in total.